The SMILES string of the molecule is CN=C(NCc1ccc(Br)cc1)N1CCC(CN2CCOCC2)C1. The summed E-state index contributed by atoms with van der Waals surface area (Å²) in [7, 11) is 1.87. The molecular weight excluding hydrogens is 368 g/mol. The molecule has 1 aromatic rings. The third-order valence-corrected chi connectivity index (χ3v) is 5.31. The molecule has 2 heterocycles. The molecule has 1 atom stereocenters. The van der Waals surface area contributed by atoms with Gasteiger partial charge in [0.25, 0.3) is 0 Å². The number of hydrogen-bond donors (Lipinski definition) is 1. The number of benzene rings is 1. The number of ether oxygens (including phenoxy) is 1. The maximum absolute atomic E-state index is 5.44. The molecule has 0 bridgehead atoms. The van der Waals surface area contributed by atoms with E-state index in [0.717, 1.165) is 62.3 Å². The number of nitrogens with one attached hydrogen (secondary N) is 1. The molecule has 0 radical (unpaired) electrons. The fourth-order valence-electron chi connectivity index (χ4n) is 3.44. The fourth-order valence-corrected chi connectivity index (χ4v) is 3.70. The minimum Gasteiger partial charge on any atom is -0.379 e. The Morgan fingerprint density at radius 2 is 2.00 bits per heavy atom. The topological polar surface area (TPSA) is 40.1 Å². The first-order valence-electron chi connectivity index (χ1n) is 8.75. The monoisotopic (exact) mass is 394 g/mol. The van der Waals surface area contributed by atoms with Gasteiger partial charge in [0.15, 0.2) is 5.96 Å². The molecule has 0 amide bonds. The molecule has 1 aromatic carbocycles. The van der Waals surface area contributed by atoms with Crippen LogP contribution in [0, 0.1) is 5.92 Å². The molecule has 0 saturated carbocycles. The van der Waals surface area contributed by atoms with E-state index in [2.05, 4.69) is 60.3 Å². The molecule has 0 spiro atoms. The average molecular weight is 395 g/mol. The molecular formula is C18H27BrN4O. The number of morpholine rings is 1. The van der Waals surface area contributed by atoms with Crippen molar-refractivity contribution in [3.8, 4) is 0 Å². The van der Waals surface area contributed by atoms with Crippen LogP contribution < -0.4 is 5.32 Å². The number of rotatable bonds is 4. The minimum absolute atomic E-state index is 0.731. The lowest BCUT2D eigenvalue weighted by Gasteiger charge is -2.29. The summed E-state index contributed by atoms with van der Waals surface area (Å²) in [6, 6.07) is 8.42. The summed E-state index contributed by atoms with van der Waals surface area (Å²) < 4.78 is 6.55. The van der Waals surface area contributed by atoms with Gasteiger partial charge in [-0.25, -0.2) is 0 Å². The zero-order valence-electron chi connectivity index (χ0n) is 14.4. The van der Waals surface area contributed by atoms with E-state index in [1.807, 2.05) is 7.05 Å². The van der Waals surface area contributed by atoms with Crippen LogP contribution in [-0.2, 0) is 11.3 Å². The Hall–Kier alpha value is -1.11. The number of hydrogen-bond acceptors (Lipinski definition) is 3. The second-order valence-corrected chi connectivity index (χ2v) is 7.46. The lowest BCUT2D eigenvalue weighted by Crippen LogP contribution is -2.42. The molecule has 2 saturated heterocycles. The fraction of sp³-hybridized carbons (Fsp3) is 0.611. The molecule has 0 aliphatic carbocycles. The molecule has 1 unspecified atom stereocenters. The molecule has 5 nitrogen and oxygen atoms in total. The molecule has 2 fully saturated rings. The summed E-state index contributed by atoms with van der Waals surface area (Å²) in [5.74, 6) is 1.75. The lowest BCUT2D eigenvalue weighted by molar-refractivity contribution is 0.0315. The molecule has 6 heteroatoms. The van der Waals surface area contributed by atoms with E-state index < -0.39 is 0 Å². The molecule has 2 aliphatic heterocycles. The van der Waals surface area contributed by atoms with E-state index in [-0.39, 0.29) is 0 Å². The maximum atomic E-state index is 5.44. The van der Waals surface area contributed by atoms with Gasteiger partial charge in [-0.1, -0.05) is 28.1 Å². The molecule has 3 rings (SSSR count). The predicted octanol–water partition coefficient (Wildman–Crippen LogP) is 2.18. The van der Waals surface area contributed by atoms with Gasteiger partial charge in [0.05, 0.1) is 13.2 Å². The van der Waals surface area contributed by atoms with Crippen LogP contribution in [-0.4, -0.2) is 68.7 Å². The zero-order valence-corrected chi connectivity index (χ0v) is 16.0. The van der Waals surface area contributed by atoms with Crippen LogP contribution in [0.4, 0.5) is 0 Å². The summed E-state index contributed by atoms with van der Waals surface area (Å²) in [5.41, 5.74) is 1.27. The predicted molar refractivity (Wildman–Crippen MR) is 101 cm³/mol. The van der Waals surface area contributed by atoms with Gasteiger partial charge >= 0.3 is 0 Å². The van der Waals surface area contributed by atoms with Crippen molar-refractivity contribution in [2.24, 2.45) is 10.9 Å². The zero-order chi connectivity index (χ0) is 16.8. The summed E-state index contributed by atoms with van der Waals surface area (Å²) in [4.78, 5) is 9.40. The van der Waals surface area contributed by atoms with Crippen molar-refractivity contribution >= 4 is 21.9 Å². The number of nitrogens with zero attached hydrogens (tertiary/aromatic N) is 3. The van der Waals surface area contributed by atoms with Crippen molar-refractivity contribution in [1.82, 2.24) is 15.1 Å². The van der Waals surface area contributed by atoms with E-state index >= 15 is 0 Å². The molecule has 24 heavy (non-hydrogen) atoms. The van der Waals surface area contributed by atoms with Crippen molar-refractivity contribution in [2.45, 2.75) is 13.0 Å². The van der Waals surface area contributed by atoms with Crippen LogP contribution in [0.3, 0.4) is 0 Å². The normalized spacial score (nSPS) is 22.8. The Morgan fingerprint density at radius 1 is 1.25 bits per heavy atom. The van der Waals surface area contributed by atoms with Gasteiger partial charge in [0.1, 0.15) is 0 Å². The Morgan fingerprint density at radius 3 is 2.71 bits per heavy atom. The summed E-state index contributed by atoms with van der Waals surface area (Å²) in [5, 5.41) is 3.50. The van der Waals surface area contributed by atoms with E-state index in [0.29, 0.717) is 0 Å². The highest BCUT2D eigenvalue weighted by Crippen LogP contribution is 2.18. The second-order valence-electron chi connectivity index (χ2n) is 6.54. The lowest BCUT2D eigenvalue weighted by atomic mass is 10.1. The number of guanidine groups is 1. The molecule has 1 N–H and O–H groups in total. The van der Waals surface area contributed by atoms with E-state index in [1.54, 1.807) is 0 Å². The smallest absolute Gasteiger partial charge is 0.193 e. The summed E-state index contributed by atoms with van der Waals surface area (Å²) >= 11 is 3.48. The first-order chi connectivity index (χ1) is 11.7. The van der Waals surface area contributed by atoms with Crippen LogP contribution in [0.15, 0.2) is 33.7 Å². The molecule has 132 valence electrons. The van der Waals surface area contributed by atoms with Gasteiger partial charge in [0, 0.05) is 50.8 Å². The van der Waals surface area contributed by atoms with E-state index in [4.69, 9.17) is 4.74 Å². The van der Waals surface area contributed by atoms with Gasteiger partial charge in [-0.3, -0.25) is 9.89 Å². The number of aliphatic imine (C=N–C) groups is 1. The quantitative estimate of drug-likeness (QED) is 0.627. The highest BCUT2D eigenvalue weighted by atomic mass is 79.9. The Kier molecular flexibility index (Phi) is 6.51. The highest BCUT2D eigenvalue weighted by Gasteiger charge is 2.26. The standard InChI is InChI=1S/C18H27BrN4O/c1-20-18(21-12-15-2-4-17(19)5-3-15)23-7-6-16(14-23)13-22-8-10-24-11-9-22/h2-5,16H,6-14H2,1H3,(H,20,21). The van der Waals surface area contributed by atoms with Crippen molar-refractivity contribution in [1.29, 1.82) is 0 Å². The number of halogens is 1. The second kappa shape index (κ2) is 8.83. The Labute approximate surface area is 153 Å². The van der Waals surface area contributed by atoms with Crippen LogP contribution >= 0.6 is 15.9 Å². The van der Waals surface area contributed by atoms with Gasteiger partial charge in [-0.2, -0.15) is 0 Å². The summed E-state index contributed by atoms with van der Waals surface area (Å²) in [6.45, 7) is 8.10. The van der Waals surface area contributed by atoms with Crippen LogP contribution in [0.2, 0.25) is 0 Å². The maximum Gasteiger partial charge on any atom is 0.193 e. The average Bonchev–Trinajstić information content (AvgIpc) is 3.06. The first-order valence-corrected chi connectivity index (χ1v) is 9.54. The van der Waals surface area contributed by atoms with Crippen LogP contribution in [0.5, 0.6) is 0 Å². The first kappa shape index (κ1) is 17.7. The van der Waals surface area contributed by atoms with E-state index in [9.17, 15) is 0 Å². The minimum atomic E-state index is 0.731. The highest BCUT2D eigenvalue weighted by molar-refractivity contribution is 9.10. The van der Waals surface area contributed by atoms with Gasteiger partial charge in [-0.05, 0) is 30.0 Å². The molecule has 0 aromatic heterocycles. The Bertz CT molecular complexity index is 542. The van der Waals surface area contributed by atoms with Crippen molar-refractivity contribution in [3.05, 3.63) is 34.3 Å². The van der Waals surface area contributed by atoms with Crippen LogP contribution in [0.25, 0.3) is 0 Å². The van der Waals surface area contributed by atoms with Gasteiger partial charge in [-0.15, -0.1) is 0 Å². The third-order valence-electron chi connectivity index (χ3n) is 4.78. The van der Waals surface area contributed by atoms with Crippen LogP contribution in [0.1, 0.15) is 12.0 Å². The number of likely N-dealkylation sites (tertiary alicyclic amines) is 1. The van der Waals surface area contributed by atoms with Crippen molar-refractivity contribution < 1.29 is 4.74 Å². The molecule has 2 aliphatic rings. The van der Waals surface area contributed by atoms with E-state index in [1.165, 1.54) is 18.5 Å². The summed E-state index contributed by atoms with van der Waals surface area (Å²) in [6.07, 6.45) is 1.25. The largest absolute Gasteiger partial charge is 0.379 e. The Balaban J connectivity index is 1.46. The van der Waals surface area contributed by atoms with Crippen molar-refractivity contribution in [2.75, 3.05) is 53.0 Å². The van der Waals surface area contributed by atoms with Gasteiger partial charge in [0.2, 0.25) is 0 Å². The third kappa shape index (κ3) is 4.94. The van der Waals surface area contributed by atoms with Crippen molar-refractivity contribution in [3.63, 3.8) is 0 Å². The van der Waals surface area contributed by atoms with Gasteiger partial charge < -0.3 is 15.0 Å².